The van der Waals surface area contributed by atoms with Crippen molar-refractivity contribution >= 4 is 42.9 Å². The zero-order valence-electron chi connectivity index (χ0n) is 10.1. The number of carbonyl (C=O) groups excluding carboxylic acids is 1. The van der Waals surface area contributed by atoms with E-state index in [0.717, 1.165) is 22.2 Å². The summed E-state index contributed by atoms with van der Waals surface area (Å²) in [5.41, 5.74) is 0. The van der Waals surface area contributed by atoms with Crippen LogP contribution in [0.1, 0.15) is 35.4 Å². The van der Waals surface area contributed by atoms with Crippen LogP contribution < -0.4 is 0 Å². The number of ketones is 1. The normalized spacial score (nSPS) is 25.0. The lowest BCUT2D eigenvalue weighted by Crippen LogP contribution is -2.30. The largest absolute Gasteiger partial charge is 0.293 e. The minimum Gasteiger partial charge on any atom is -0.293 e. The molecule has 100 valence electrons. The second kappa shape index (κ2) is 5.43. The zero-order chi connectivity index (χ0) is 13.3. The van der Waals surface area contributed by atoms with Gasteiger partial charge in [0.15, 0.2) is 5.78 Å². The van der Waals surface area contributed by atoms with Gasteiger partial charge in [-0.25, -0.2) is 8.42 Å². The molecule has 1 aliphatic carbocycles. The van der Waals surface area contributed by atoms with Crippen LogP contribution >= 0.6 is 27.3 Å². The first-order chi connectivity index (χ1) is 8.38. The van der Waals surface area contributed by atoms with Gasteiger partial charge in [-0.3, -0.25) is 4.79 Å². The summed E-state index contributed by atoms with van der Waals surface area (Å²) in [6.45, 7) is 0. The van der Waals surface area contributed by atoms with E-state index in [0.29, 0.717) is 12.8 Å². The van der Waals surface area contributed by atoms with Crippen LogP contribution in [0.2, 0.25) is 0 Å². The van der Waals surface area contributed by atoms with E-state index >= 15 is 0 Å². The van der Waals surface area contributed by atoms with E-state index in [1.54, 1.807) is 0 Å². The minimum atomic E-state index is -3.03. The van der Waals surface area contributed by atoms with Crippen LogP contribution in [0.5, 0.6) is 0 Å². The molecule has 2 rings (SSSR count). The molecule has 0 radical (unpaired) electrons. The monoisotopic (exact) mass is 350 g/mol. The first-order valence-electron chi connectivity index (χ1n) is 5.85. The van der Waals surface area contributed by atoms with Crippen molar-refractivity contribution in [3.8, 4) is 0 Å². The smallest absolute Gasteiger partial charge is 0.175 e. The summed E-state index contributed by atoms with van der Waals surface area (Å²) in [6, 6.07) is 1.82. The van der Waals surface area contributed by atoms with Gasteiger partial charge in [-0.1, -0.05) is 6.42 Å². The zero-order valence-corrected chi connectivity index (χ0v) is 13.3. The average molecular weight is 351 g/mol. The highest BCUT2D eigenvalue weighted by Gasteiger charge is 2.33. The predicted octanol–water partition coefficient (Wildman–Crippen LogP) is 3.30. The Labute approximate surface area is 120 Å². The molecule has 0 saturated heterocycles. The van der Waals surface area contributed by atoms with E-state index < -0.39 is 9.84 Å². The van der Waals surface area contributed by atoms with E-state index in [1.807, 2.05) is 11.4 Å². The lowest BCUT2D eigenvalue weighted by Gasteiger charge is -2.26. The number of hydrogen-bond donors (Lipinski definition) is 0. The second-order valence-corrected chi connectivity index (χ2v) is 8.96. The van der Waals surface area contributed by atoms with E-state index in [4.69, 9.17) is 0 Å². The number of carbonyl (C=O) groups is 1. The summed E-state index contributed by atoms with van der Waals surface area (Å²) in [5.74, 6) is -0.0388. The Bertz CT molecular complexity index is 547. The molecule has 1 fully saturated rings. The molecule has 0 N–H and O–H groups in total. The fourth-order valence-electron chi connectivity index (χ4n) is 2.42. The molecule has 1 aromatic rings. The highest BCUT2D eigenvalue weighted by Crippen LogP contribution is 2.32. The first kappa shape index (κ1) is 14.2. The Morgan fingerprint density at radius 1 is 1.44 bits per heavy atom. The quantitative estimate of drug-likeness (QED) is 0.785. The van der Waals surface area contributed by atoms with Crippen molar-refractivity contribution < 1.29 is 13.2 Å². The van der Waals surface area contributed by atoms with Crippen molar-refractivity contribution in [2.24, 2.45) is 5.92 Å². The van der Waals surface area contributed by atoms with Gasteiger partial charge in [-0.15, -0.1) is 11.3 Å². The predicted molar refractivity (Wildman–Crippen MR) is 76.9 cm³/mol. The van der Waals surface area contributed by atoms with E-state index in [-0.39, 0.29) is 17.0 Å². The maximum absolute atomic E-state index is 12.3. The Morgan fingerprint density at radius 3 is 2.72 bits per heavy atom. The van der Waals surface area contributed by atoms with Gasteiger partial charge in [0.2, 0.25) is 0 Å². The molecule has 2 atom stereocenters. The number of hydrogen-bond acceptors (Lipinski definition) is 4. The number of sulfone groups is 1. The molecule has 1 aliphatic rings. The van der Waals surface area contributed by atoms with Gasteiger partial charge in [-0.2, -0.15) is 0 Å². The maximum atomic E-state index is 12.3. The molecule has 1 aromatic heterocycles. The second-order valence-electron chi connectivity index (χ2n) is 4.81. The fourth-order valence-corrected chi connectivity index (χ4v) is 5.04. The van der Waals surface area contributed by atoms with Gasteiger partial charge < -0.3 is 0 Å². The fraction of sp³-hybridized carbons (Fsp3) is 0.583. The van der Waals surface area contributed by atoms with Crippen LogP contribution in [0.25, 0.3) is 0 Å². The minimum absolute atomic E-state index is 0.0963. The van der Waals surface area contributed by atoms with Gasteiger partial charge in [0.25, 0.3) is 0 Å². The van der Waals surface area contributed by atoms with Gasteiger partial charge in [-0.05, 0) is 41.3 Å². The van der Waals surface area contributed by atoms with Crippen molar-refractivity contribution in [2.45, 2.75) is 30.9 Å². The van der Waals surface area contributed by atoms with Crippen molar-refractivity contribution in [3.63, 3.8) is 0 Å². The first-order valence-corrected chi connectivity index (χ1v) is 9.48. The van der Waals surface area contributed by atoms with Crippen LogP contribution in [-0.4, -0.2) is 25.7 Å². The summed E-state index contributed by atoms with van der Waals surface area (Å²) < 4.78 is 24.1. The van der Waals surface area contributed by atoms with Gasteiger partial charge in [0.1, 0.15) is 9.84 Å². The number of thiophene rings is 1. The lowest BCUT2D eigenvalue weighted by atomic mass is 9.85. The van der Waals surface area contributed by atoms with Crippen LogP contribution in [0.3, 0.4) is 0 Å². The number of Topliss-reactive ketones (excluding diaryl/α,β-unsaturated/α-hetero) is 1. The van der Waals surface area contributed by atoms with Crippen molar-refractivity contribution in [1.82, 2.24) is 0 Å². The molecular weight excluding hydrogens is 336 g/mol. The Kier molecular flexibility index (Phi) is 4.29. The Balaban J connectivity index is 2.12. The number of halogens is 1. The summed E-state index contributed by atoms with van der Waals surface area (Å²) in [7, 11) is -3.03. The van der Waals surface area contributed by atoms with Gasteiger partial charge >= 0.3 is 0 Å². The third-order valence-electron chi connectivity index (χ3n) is 3.41. The molecule has 1 saturated carbocycles. The maximum Gasteiger partial charge on any atom is 0.175 e. The molecule has 0 aliphatic heterocycles. The molecule has 3 nitrogen and oxygen atoms in total. The van der Waals surface area contributed by atoms with Crippen LogP contribution in [0.4, 0.5) is 0 Å². The highest BCUT2D eigenvalue weighted by molar-refractivity contribution is 9.10. The highest BCUT2D eigenvalue weighted by atomic mass is 79.9. The number of rotatable bonds is 3. The lowest BCUT2D eigenvalue weighted by molar-refractivity contribution is 0.0895. The molecule has 0 bridgehead atoms. The van der Waals surface area contributed by atoms with Gasteiger partial charge in [0, 0.05) is 22.0 Å². The third kappa shape index (κ3) is 3.22. The molecule has 18 heavy (non-hydrogen) atoms. The molecule has 2 unspecified atom stereocenters. The van der Waals surface area contributed by atoms with Gasteiger partial charge in [0.05, 0.1) is 10.1 Å². The summed E-state index contributed by atoms with van der Waals surface area (Å²) in [5, 5.41) is 1.54. The van der Waals surface area contributed by atoms with E-state index in [1.165, 1.54) is 17.6 Å². The topological polar surface area (TPSA) is 51.2 Å². The van der Waals surface area contributed by atoms with E-state index in [2.05, 4.69) is 15.9 Å². The molecule has 0 spiro atoms. The average Bonchev–Trinajstić information content (AvgIpc) is 2.74. The molecule has 0 amide bonds. The summed E-state index contributed by atoms with van der Waals surface area (Å²) in [4.78, 5) is 13.0. The molecular formula is C12H15BrO3S2. The molecule has 1 heterocycles. The summed E-state index contributed by atoms with van der Waals surface area (Å²) in [6.07, 6.45) is 4.07. The van der Waals surface area contributed by atoms with Crippen LogP contribution in [-0.2, 0) is 9.84 Å². The molecule has 0 aromatic carbocycles. The third-order valence-corrected chi connectivity index (χ3v) is 6.76. The summed E-state index contributed by atoms with van der Waals surface area (Å²) >= 11 is 4.74. The van der Waals surface area contributed by atoms with Crippen molar-refractivity contribution in [1.29, 1.82) is 0 Å². The van der Waals surface area contributed by atoms with Crippen LogP contribution in [0.15, 0.2) is 15.9 Å². The Morgan fingerprint density at radius 2 is 2.17 bits per heavy atom. The van der Waals surface area contributed by atoms with E-state index in [9.17, 15) is 13.2 Å². The Hall–Kier alpha value is -0.200. The SMILES string of the molecule is CS(=O)(=O)C1CCCC(C(=O)c2cc(Br)cs2)C1. The van der Waals surface area contributed by atoms with Crippen LogP contribution in [0, 0.1) is 5.92 Å². The van der Waals surface area contributed by atoms with Crippen molar-refractivity contribution in [2.75, 3.05) is 6.26 Å². The van der Waals surface area contributed by atoms with Crippen molar-refractivity contribution in [3.05, 3.63) is 20.8 Å². The standard InChI is InChI=1S/C12H15BrO3S2/c1-18(15,16)10-4-2-3-8(5-10)12(14)11-6-9(13)7-17-11/h6-8,10H,2-5H2,1H3. The molecule has 6 heteroatoms.